The quantitative estimate of drug-likeness (QED) is 0.0322. The van der Waals surface area contributed by atoms with Crippen molar-refractivity contribution in [1.29, 1.82) is 0 Å². The van der Waals surface area contributed by atoms with Crippen molar-refractivity contribution < 1.29 is 24.5 Å². The van der Waals surface area contributed by atoms with Crippen molar-refractivity contribution in [2.45, 2.75) is 283 Å². The van der Waals surface area contributed by atoms with E-state index >= 15 is 0 Å². The highest BCUT2D eigenvalue weighted by Gasteiger charge is 2.17. The molecule has 0 fully saturated rings. The van der Waals surface area contributed by atoms with E-state index in [4.69, 9.17) is 4.74 Å². The van der Waals surface area contributed by atoms with Crippen LogP contribution in [0.5, 0.6) is 0 Å². The Kier molecular flexibility index (Phi) is 49.6. The Morgan fingerprint density at radius 3 is 1.29 bits per heavy atom. The molecule has 0 saturated heterocycles. The summed E-state index contributed by atoms with van der Waals surface area (Å²) >= 11 is 0. The Morgan fingerprint density at radius 1 is 0.452 bits per heavy atom. The average molecular weight is 870 g/mol. The zero-order chi connectivity index (χ0) is 45.1. The van der Waals surface area contributed by atoms with Gasteiger partial charge in [0, 0.05) is 12.8 Å². The van der Waals surface area contributed by atoms with E-state index in [1.165, 1.54) is 186 Å². The van der Waals surface area contributed by atoms with Crippen LogP contribution in [0.25, 0.3) is 0 Å². The lowest BCUT2D eigenvalue weighted by atomic mass is 10.0. The van der Waals surface area contributed by atoms with Gasteiger partial charge >= 0.3 is 5.97 Å². The maximum Gasteiger partial charge on any atom is 0.305 e. The van der Waals surface area contributed by atoms with Gasteiger partial charge in [-0.25, -0.2) is 0 Å². The fourth-order valence-electron chi connectivity index (χ4n) is 7.91. The first-order valence-electron chi connectivity index (χ1n) is 26.9. The fraction of sp³-hybridized carbons (Fsp3) is 0.821. The molecule has 0 aromatic heterocycles. The standard InChI is InChI=1S/C56H103NO5/c1-3-5-7-9-11-13-15-17-18-19-20-21-22-25-28-32-36-40-44-48-54(59)53(52-58)57-55(60)49-45-41-37-33-29-26-23-27-31-35-39-43-47-51-62-56(61)50-46-42-38-34-30-24-16-14-12-10-8-6-4-2/h14,16,26,29,37,41,44,48,53-54,58-59H,3-13,15,17-25,27-28,30-36,38-40,42-43,45-47,49-52H2,1-2H3,(H,57,60)/b16-14-,29-26-,41-37-,48-44+. The first-order valence-corrected chi connectivity index (χ1v) is 26.9. The number of rotatable bonds is 49. The summed E-state index contributed by atoms with van der Waals surface area (Å²) in [5.41, 5.74) is 0. The van der Waals surface area contributed by atoms with Crippen molar-refractivity contribution in [2.75, 3.05) is 13.2 Å². The maximum atomic E-state index is 12.4. The molecule has 6 nitrogen and oxygen atoms in total. The number of amides is 1. The lowest BCUT2D eigenvalue weighted by Crippen LogP contribution is -2.45. The van der Waals surface area contributed by atoms with Crippen molar-refractivity contribution in [3.63, 3.8) is 0 Å². The van der Waals surface area contributed by atoms with E-state index in [2.05, 4.69) is 49.5 Å². The van der Waals surface area contributed by atoms with E-state index in [0.29, 0.717) is 25.9 Å². The van der Waals surface area contributed by atoms with Crippen molar-refractivity contribution >= 4 is 11.9 Å². The van der Waals surface area contributed by atoms with Crippen LogP contribution < -0.4 is 5.32 Å². The number of aliphatic hydroxyl groups excluding tert-OH is 2. The molecule has 0 heterocycles. The Balaban J connectivity index is 3.60. The molecular formula is C56H103NO5. The summed E-state index contributed by atoms with van der Waals surface area (Å²) < 4.78 is 5.44. The Hall–Kier alpha value is -2.18. The van der Waals surface area contributed by atoms with Gasteiger partial charge in [-0.2, -0.15) is 0 Å². The van der Waals surface area contributed by atoms with Gasteiger partial charge in [0.15, 0.2) is 0 Å². The van der Waals surface area contributed by atoms with Crippen LogP contribution in [0.4, 0.5) is 0 Å². The van der Waals surface area contributed by atoms with Crippen molar-refractivity contribution in [2.24, 2.45) is 0 Å². The summed E-state index contributed by atoms with van der Waals surface area (Å²) in [6.07, 6.45) is 64.1. The molecule has 2 atom stereocenters. The van der Waals surface area contributed by atoms with Gasteiger partial charge in [0.05, 0.1) is 25.4 Å². The molecule has 0 spiro atoms. The molecule has 0 aliphatic carbocycles. The monoisotopic (exact) mass is 870 g/mol. The van der Waals surface area contributed by atoms with Gasteiger partial charge in [0.1, 0.15) is 0 Å². The van der Waals surface area contributed by atoms with Crippen LogP contribution in [0.3, 0.4) is 0 Å². The highest BCUT2D eigenvalue weighted by Crippen LogP contribution is 2.15. The topological polar surface area (TPSA) is 95.9 Å². The number of allylic oxidation sites excluding steroid dienone is 7. The largest absolute Gasteiger partial charge is 0.466 e. The molecule has 0 aliphatic rings. The second kappa shape index (κ2) is 51.5. The van der Waals surface area contributed by atoms with E-state index in [-0.39, 0.29) is 18.5 Å². The zero-order valence-electron chi connectivity index (χ0n) is 41.1. The molecular weight excluding hydrogens is 767 g/mol. The van der Waals surface area contributed by atoms with Gasteiger partial charge in [0.2, 0.25) is 5.91 Å². The van der Waals surface area contributed by atoms with Crippen LogP contribution in [0.2, 0.25) is 0 Å². The van der Waals surface area contributed by atoms with E-state index in [0.717, 1.165) is 51.4 Å². The SMILES string of the molecule is CCCCCC/C=C\CCCCCCCC(=O)OCCCCCCCC/C=C\C/C=C\CCC(=O)NC(CO)C(O)/C=C/CCCCCCCCCCCCCCCCCCC. The second-order valence-electron chi connectivity index (χ2n) is 18.2. The predicted molar refractivity (Wildman–Crippen MR) is 269 cm³/mol. The van der Waals surface area contributed by atoms with E-state index < -0.39 is 12.1 Å². The number of hydrogen-bond acceptors (Lipinski definition) is 5. The number of nitrogens with one attached hydrogen (secondary N) is 1. The minimum Gasteiger partial charge on any atom is -0.466 e. The second-order valence-corrected chi connectivity index (χ2v) is 18.2. The van der Waals surface area contributed by atoms with Crippen LogP contribution in [0.15, 0.2) is 48.6 Å². The van der Waals surface area contributed by atoms with Crippen molar-refractivity contribution in [1.82, 2.24) is 5.32 Å². The highest BCUT2D eigenvalue weighted by atomic mass is 16.5. The first kappa shape index (κ1) is 59.8. The Morgan fingerprint density at radius 2 is 0.823 bits per heavy atom. The van der Waals surface area contributed by atoms with E-state index in [1.54, 1.807) is 6.08 Å². The highest BCUT2D eigenvalue weighted by molar-refractivity contribution is 5.76. The molecule has 0 bridgehead atoms. The minimum absolute atomic E-state index is 0.0283. The minimum atomic E-state index is -0.880. The summed E-state index contributed by atoms with van der Waals surface area (Å²) in [7, 11) is 0. The summed E-state index contributed by atoms with van der Waals surface area (Å²) in [6, 6.07) is -0.673. The third-order valence-corrected chi connectivity index (χ3v) is 12.1. The molecule has 0 aromatic rings. The molecule has 362 valence electrons. The summed E-state index contributed by atoms with van der Waals surface area (Å²) in [5.74, 6) is -0.177. The van der Waals surface area contributed by atoms with Gasteiger partial charge in [0.25, 0.3) is 0 Å². The molecule has 1 amide bonds. The number of carbonyl (C=O) groups excluding carboxylic acids is 2. The first-order chi connectivity index (χ1) is 30.5. The van der Waals surface area contributed by atoms with Gasteiger partial charge in [-0.15, -0.1) is 0 Å². The summed E-state index contributed by atoms with van der Waals surface area (Å²) in [5, 5.41) is 23.0. The average Bonchev–Trinajstić information content (AvgIpc) is 3.27. The number of unbranched alkanes of at least 4 members (excludes halogenated alkanes) is 32. The number of aliphatic hydroxyl groups is 2. The number of esters is 1. The Labute approximate surface area is 385 Å². The molecule has 0 saturated carbocycles. The van der Waals surface area contributed by atoms with Crippen LogP contribution in [0, 0.1) is 0 Å². The predicted octanol–water partition coefficient (Wildman–Crippen LogP) is 16.2. The van der Waals surface area contributed by atoms with Gasteiger partial charge < -0.3 is 20.3 Å². The molecule has 6 heteroatoms. The zero-order valence-corrected chi connectivity index (χ0v) is 41.1. The van der Waals surface area contributed by atoms with Crippen molar-refractivity contribution in [3.05, 3.63) is 48.6 Å². The van der Waals surface area contributed by atoms with Gasteiger partial charge in [-0.3, -0.25) is 9.59 Å². The number of hydrogen-bond donors (Lipinski definition) is 3. The third kappa shape index (κ3) is 47.3. The normalized spacial score (nSPS) is 13.0. The van der Waals surface area contributed by atoms with Crippen LogP contribution in [0.1, 0.15) is 271 Å². The molecule has 3 N–H and O–H groups in total. The van der Waals surface area contributed by atoms with Crippen molar-refractivity contribution in [3.8, 4) is 0 Å². The molecule has 0 aromatic carbocycles. The van der Waals surface area contributed by atoms with Gasteiger partial charge in [-0.1, -0.05) is 229 Å². The van der Waals surface area contributed by atoms with Crippen LogP contribution in [-0.2, 0) is 14.3 Å². The van der Waals surface area contributed by atoms with Crippen LogP contribution in [-0.4, -0.2) is 47.4 Å². The molecule has 2 unspecified atom stereocenters. The third-order valence-electron chi connectivity index (χ3n) is 12.1. The molecule has 0 rings (SSSR count). The number of ether oxygens (including phenoxy) is 1. The van der Waals surface area contributed by atoms with E-state index in [1.807, 2.05) is 12.2 Å². The van der Waals surface area contributed by atoms with E-state index in [9.17, 15) is 19.8 Å². The number of carbonyl (C=O) groups is 2. The molecule has 62 heavy (non-hydrogen) atoms. The molecule has 0 radical (unpaired) electrons. The smallest absolute Gasteiger partial charge is 0.305 e. The fourth-order valence-corrected chi connectivity index (χ4v) is 7.91. The summed E-state index contributed by atoms with van der Waals surface area (Å²) in [6.45, 7) is 4.82. The molecule has 0 aliphatic heterocycles. The maximum absolute atomic E-state index is 12.4. The summed E-state index contributed by atoms with van der Waals surface area (Å²) in [4.78, 5) is 24.4. The lowest BCUT2D eigenvalue weighted by Gasteiger charge is -2.19. The van der Waals surface area contributed by atoms with Crippen LogP contribution >= 0.6 is 0 Å². The Bertz CT molecular complexity index is 1050. The van der Waals surface area contributed by atoms with Gasteiger partial charge in [-0.05, 0) is 77.0 Å². The lowest BCUT2D eigenvalue weighted by molar-refractivity contribution is -0.143.